The lowest BCUT2D eigenvalue weighted by atomic mass is 10.1. The minimum atomic E-state index is -0.263. The quantitative estimate of drug-likeness (QED) is 0.861. The largest absolute Gasteiger partial charge is 0.388 e. The van der Waals surface area contributed by atoms with E-state index < -0.39 is 0 Å². The van der Waals surface area contributed by atoms with Crippen LogP contribution in [0.15, 0.2) is 15.9 Å². The Bertz CT molecular complexity index is 234. The van der Waals surface area contributed by atoms with Gasteiger partial charge in [-0.25, -0.2) is 0 Å². The zero-order valence-corrected chi connectivity index (χ0v) is 9.49. The Hall–Kier alpha value is 0.140. The summed E-state index contributed by atoms with van der Waals surface area (Å²) in [6, 6.07) is 1.99. The average Bonchev–Trinajstić information content (AvgIpc) is 2.47. The van der Waals surface area contributed by atoms with E-state index in [0.717, 1.165) is 28.6 Å². The van der Waals surface area contributed by atoms with Crippen molar-refractivity contribution in [2.24, 2.45) is 0 Å². The molecule has 1 unspecified atom stereocenters. The Balaban J connectivity index is 2.47. The van der Waals surface area contributed by atoms with Crippen molar-refractivity contribution in [2.75, 3.05) is 0 Å². The molecule has 1 atom stereocenters. The average molecular weight is 249 g/mol. The summed E-state index contributed by atoms with van der Waals surface area (Å²) in [6.45, 7) is 2.14. The van der Waals surface area contributed by atoms with E-state index >= 15 is 0 Å². The van der Waals surface area contributed by atoms with Gasteiger partial charge in [-0.2, -0.15) is 0 Å². The molecule has 0 radical (unpaired) electrons. The van der Waals surface area contributed by atoms with Crippen LogP contribution in [0.4, 0.5) is 0 Å². The molecule has 1 nitrogen and oxygen atoms in total. The molecule has 1 N–H and O–H groups in total. The first-order valence-corrected chi connectivity index (χ1v) is 5.83. The third-order valence-corrected chi connectivity index (χ3v) is 3.54. The number of aliphatic hydroxyl groups is 1. The zero-order chi connectivity index (χ0) is 8.97. The van der Waals surface area contributed by atoms with Gasteiger partial charge in [0, 0.05) is 14.7 Å². The molecule has 0 spiro atoms. The number of unbranched alkanes of at least 4 members (excludes halogenated alkanes) is 1. The second-order valence-electron chi connectivity index (χ2n) is 2.83. The van der Waals surface area contributed by atoms with Crippen LogP contribution in [0.25, 0.3) is 0 Å². The number of hydrogen-bond donors (Lipinski definition) is 1. The summed E-state index contributed by atoms with van der Waals surface area (Å²) in [6.07, 6.45) is 2.85. The van der Waals surface area contributed by atoms with Gasteiger partial charge in [-0.05, 0) is 28.4 Å². The normalized spacial score (nSPS) is 13.2. The molecule has 0 fully saturated rings. The molecule has 1 heterocycles. The van der Waals surface area contributed by atoms with Gasteiger partial charge < -0.3 is 5.11 Å². The minimum Gasteiger partial charge on any atom is -0.388 e. The summed E-state index contributed by atoms with van der Waals surface area (Å²) in [4.78, 5) is 1.07. The molecule has 1 rings (SSSR count). The zero-order valence-electron chi connectivity index (χ0n) is 7.09. The topological polar surface area (TPSA) is 20.2 Å². The van der Waals surface area contributed by atoms with E-state index in [-0.39, 0.29) is 6.10 Å². The predicted molar refractivity (Wildman–Crippen MR) is 56.5 cm³/mol. The Morgan fingerprint density at radius 2 is 2.42 bits per heavy atom. The second kappa shape index (κ2) is 5.00. The molecule has 0 aliphatic heterocycles. The van der Waals surface area contributed by atoms with Crippen LogP contribution in [0, 0.1) is 0 Å². The number of aliphatic hydroxyl groups excluding tert-OH is 1. The standard InChI is InChI=1S/C9H13BrOS/c1-2-3-4-8(11)9-5-7(10)6-12-9/h5-6,8,11H,2-4H2,1H3. The summed E-state index contributed by atoms with van der Waals surface area (Å²) < 4.78 is 1.07. The van der Waals surface area contributed by atoms with Gasteiger partial charge in [-0.3, -0.25) is 0 Å². The van der Waals surface area contributed by atoms with Crippen LogP contribution in [0.5, 0.6) is 0 Å². The van der Waals surface area contributed by atoms with Crippen molar-refractivity contribution in [2.45, 2.75) is 32.3 Å². The van der Waals surface area contributed by atoms with E-state index in [1.165, 1.54) is 0 Å². The molecule has 0 aliphatic carbocycles. The van der Waals surface area contributed by atoms with Crippen LogP contribution in [-0.2, 0) is 0 Å². The van der Waals surface area contributed by atoms with Gasteiger partial charge >= 0.3 is 0 Å². The van der Waals surface area contributed by atoms with Crippen molar-refractivity contribution in [3.05, 3.63) is 20.8 Å². The van der Waals surface area contributed by atoms with Crippen LogP contribution < -0.4 is 0 Å². The van der Waals surface area contributed by atoms with Crippen molar-refractivity contribution < 1.29 is 5.11 Å². The monoisotopic (exact) mass is 248 g/mol. The van der Waals surface area contributed by atoms with Crippen molar-refractivity contribution in [1.29, 1.82) is 0 Å². The van der Waals surface area contributed by atoms with Crippen LogP contribution in [0.3, 0.4) is 0 Å². The maximum absolute atomic E-state index is 9.65. The molecule has 0 saturated carbocycles. The number of hydrogen-bond acceptors (Lipinski definition) is 2. The van der Waals surface area contributed by atoms with Crippen LogP contribution >= 0.6 is 27.3 Å². The smallest absolute Gasteiger partial charge is 0.0882 e. The molecule has 12 heavy (non-hydrogen) atoms. The van der Waals surface area contributed by atoms with Crippen molar-refractivity contribution in [1.82, 2.24) is 0 Å². The summed E-state index contributed by atoms with van der Waals surface area (Å²) in [5, 5.41) is 11.7. The summed E-state index contributed by atoms with van der Waals surface area (Å²) in [5.41, 5.74) is 0. The molecule has 0 aromatic carbocycles. The molecule has 68 valence electrons. The third-order valence-electron chi connectivity index (χ3n) is 1.75. The first kappa shape index (κ1) is 10.2. The highest BCUT2D eigenvalue weighted by Gasteiger charge is 2.08. The highest BCUT2D eigenvalue weighted by molar-refractivity contribution is 9.10. The van der Waals surface area contributed by atoms with Crippen LogP contribution in [0.2, 0.25) is 0 Å². The Morgan fingerprint density at radius 1 is 1.67 bits per heavy atom. The molecular formula is C9H13BrOS. The van der Waals surface area contributed by atoms with Gasteiger partial charge in [0.05, 0.1) is 6.10 Å². The fourth-order valence-corrected chi connectivity index (χ4v) is 2.51. The SMILES string of the molecule is CCCCC(O)c1cc(Br)cs1. The van der Waals surface area contributed by atoms with E-state index in [2.05, 4.69) is 22.9 Å². The molecular weight excluding hydrogens is 236 g/mol. The minimum absolute atomic E-state index is 0.263. The molecule has 3 heteroatoms. The van der Waals surface area contributed by atoms with Crippen LogP contribution in [-0.4, -0.2) is 5.11 Å². The van der Waals surface area contributed by atoms with Gasteiger partial charge in [0.25, 0.3) is 0 Å². The van der Waals surface area contributed by atoms with Crippen molar-refractivity contribution in [3.63, 3.8) is 0 Å². The highest BCUT2D eigenvalue weighted by atomic mass is 79.9. The molecule has 1 aromatic heterocycles. The summed E-state index contributed by atoms with van der Waals surface area (Å²) in [7, 11) is 0. The predicted octanol–water partition coefficient (Wildman–Crippen LogP) is 3.73. The van der Waals surface area contributed by atoms with E-state index in [1.54, 1.807) is 11.3 Å². The fourth-order valence-electron chi connectivity index (χ4n) is 1.04. The molecule has 1 aromatic rings. The Morgan fingerprint density at radius 3 is 2.92 bits per heavy atom. The van der Waals surface area contributed by atoms with Gasteiger partial charge in [0.15, 0.2) is 0 Å². The van der Waals surface area contributed by atoms with E-state index in [4.69, 9.17) is 0 Å². The molecule has 0 saturated heterocycles. The maximum atomic E-state index is 9.65. The Kier molecular flexibility index (Phi) is 4.26. The van der Waals surface area contributed by atoms with Gasteiger partial charge in [0.1, 0.15) is 0 Å². The lowest BCUT2D eigenvalue weighted by Crippen LogP contribution is -1.93. The van der Waals surface area contributed by atoms with Crippen LogP contribution in [0.1, 0.15) is 37.2 Å². The molecule has 0 bridgehead atoms. The number of thiophene rings is 1. The molecule has 0 aliphatic rings. The lowest BCUT2D eigenvalue weighted by Gasteiger charge is -2.05. The fraction of sp³-hybridized carbons (Fsp3) is 0.556. The molecule has 0 amide bonds. The number of rotatable bonds is 4. The van der Waals surface area contributed by atoms with Gasteiger partial charge in [0.2, 0.25) is 0 Å². The lowest BCUT2D eigenvalue weighted by molar-refractivity contribution is 0.168. The summed E-state index contributed by atoms with van der Waals surface area (Å²) in [5.74, 6) is 0. The van der Waals surface area contributed by atoms with E-state index in [9.17, 15) is 5.11 Å². The van der Waals surface area contributed by atoms with Gasteiger partial charge in [-0.15, -0.1) is 11.3 Å². The van der Waals surface area contributed by atoms with Crippen molar-refractivity contribution >= 4 is 27.3 Å². The van der Waals surface area contributed by atoms with Crippen molar-refractivity contribution in [3.8, 4) is 0 Å². The first-order chi connectivity index (χ1) is 5.74. The number of halogens is 1. The van der Waals surface area contributed by atoms with E-state index in [1.807, 2.05) is 11.4 Å². The Labute approximate surface area is 85.6 Å². The highest BCUT2D eigenvalue weighted by Crippen LogP contribution is 2.28. The first-order valence-electron chi connectivity index (χ1n) is 4.16. The second-order valence-corrected chi connectivity index (χ2v) is 4.68. The van der Waals surface area contributed by atoms with Gasteiger partial charge in [-0.1, -0.05) is 19.8 Å². The van der Waals surface area contributed by atoms with E-state index in [0.29, 0.717) is 0 Å². The summed E-state index contributed by atoms with van der Waals surface area (Å²) >= 11 is 4.98. The third kappa shape index (κ3) is 2.88. The maximum Gasteiger partial charge on any atom is 0.0882 e.